The fourth-order valence-corrected chi connectivity index (χ4v) is 1.68. The minimum absolute atomic E-state index is 0.133. The Morgan fingerprint density at radius 2 is 2.25 bits per heavy atom. The second-order valence-electron chi connectivity index (χ2n) is 4.07. The van der Waals surface area contributed by atoms with Crippen molar-refractivity contribution < 1.29 is 14.5 Å². The van der Waals surface area contributed by atoms with E-state index in [-0.39, 0.29) is 17.3 Å². The average molecular weight is 302 g/mol. The van der Waals surface area contributed by atoms with Crippen molar-refractivity contribution in [3.8, 4) is 0 Å². The van der Waals surface area contributed by atoms with E-state index < -0.39 is 11.0 Å². The van der Waals surface area contributed by atoms with Gasteiger partial charge in [-0.05, 0) is 19.1 Å². The standard InChI is InChI=1S/C12H16ClN3O4/c1-8(12(17)14-5-6-20-2)15-10-7-9(13)3-4-11(10)16(18)19/h3-4,7-8,15H,5-6H2,1-2H3,(H,14,17). The van der Waals surface area contributed by atoms with Gasteiger partial charge >= 0.3 is 0 Å². The lowest BCUT2D eigenvalue weighted by Crippen LogP contribution is -2.39. The Morgan fingerprint density at radius 1 is 1.55 bits per heavy atom. The van der Waals surface area contributed by atoms with E-state index in [1.165, 1.54) is 25.3 Å². The number of nitrogens with zero attached hydrogens (tertiary/aromatic N) is 1. The number of halogens is 1. The molecule has 1 atom stereocenters. The zero-order valence-corrected chi connectivity index (χ0v) is 11.9. The maximum Gasteiger partial charge on any atom is 0.292 e. The molecular weight excluding hydrogens is 286 g/mol. The molecule has 0 aliphatic heterocycles. The number of nitrogens with one attached hydrogen (secondary N) is 2. The van der Waals surface area contributed by atoms with Crippen LogP contribution in [0.4, 0.5) is 11.4 Å². The molecule has 7 nitrogen and oxygen atoms in total. The summed E-state index contributed by atoms with van der Waals surface area (Å²) >= 11 is 5.81. The van der Waals surface area contributed by atoms with Crippen LogP contribution < -0.4 is 10.6 Å². The van der Waals surface area contributed by atoms with Crippen molar-refractivity contribution in [1.82, 2.24) is 5.32 Å². The summed E-state index contributed by atoms with van der Waals surface area (Å²) in [6, 6.07) is 3.50. The van der Waals surface area contributed by atoms with E-state index in [0.29, 0.717) is 18.2 Å². The Bertz CT molecular complexity index is 496. The summed E-state index contributed by atoms with van der Waals surface area (Å²) in [6.07, 6.45) is 0. The normalized spacial score (nSPS) is 11.8. The van der Waals surface area contributed by atoms with E-state index in [0.717, 1.165) is 0 Å². The van der Waals surface area contributed by atoms with E-state index in [1.807, 2.05) is 0 Å². The smallest absolute Gasteiger partial charge is 0.292 e. The summed E-state index contributed by atoms with van der Waals surface area (Å²) in [5.41, 5.74) is 0.0721. The topological polar surface area (TPSA) is 93.5 Å². The van der Waals surface area contributed by atoms with Crippen molar-refractivity contribution in [1.29, 1.82) is 0 Å². The lowest BCUT2D eigenvalue weighted by atomic mass is 10.2. The van der Waals surface area contributed by atoms with Crippen LogP contribution in [0.2, 0.25) is 5.02 Å². The number of nitro groups is 1. The minimum atomic E-state index is -0.635. The molecule has 2 N–H and O–H groups in total. The van der Waals surface area contributed by atoms with Crippen LogP contribution in [0.5, 0.6) is 0 Å². The first-order chi connectivity index (χ1) is 9.45. The molecule has 1 unspecified atom stereocenters. The predicted octanol–water partition coefficient (Wildman–Crippen LogP) is 1.81. The number of hydrogen-bond donors (Lipinski definition) is 2. The fourth-order valence-electron chi connectivity index (χ4n) is 1.51. The third-order valence-corrected chi connectivity index (χ3v) is 2.76. The van der Waals surface area contributed by atoms with Gasteiger partial charge in [0.05, 0.1) is 11.5 Å². The van der Waals surface area contributed by atoms with Gasteiger partial charge in [0.15, 0.2) is 0 Å². The first kappa shape index (κ1) is 16.2. The monoisotopic (exact) mass is 301 g/mol. The van der Waals surface area contributed by atoms with Gasteiger partial charge in [-0.1, -0.05) is 11.6 Å². The second kappa shape index (κ2) is 7.66. The Labute approximate surface area is 121 Å². The van der Waals surface area contributed by atoms with Crippen LogP contribution in [0.15, 0.2) is 18.2 Å². The number of amides is 1. The lowest BCUT2D eigenvalue weighted by Gasteiger charge is -2.15. The third kappa shape index (κ3) is 4.67. The molecule has 0 radical (unpaired) electrons. The van der Waals surface area contributed by atoms with Crippen LogP contribution in [0.25, 0.3) is 0 Å². The van der Waals surface area contributed by atoms with Crippen LogP contribution in [-0.4, -0.2) is 37.1 Å². The van der Waals surface area contributed by atoms with Gasteiger partial charge in [-0.3, -0.25) is 14.9 Å². The maximum atomic E-state index is 11.8. The molecule has 110 valence electrons. The molecule has 0 saturated carbocycles. The molecule has 20 heavy (non-hydrogen) atoms. The summed E-state index contributed by atoms with van der Waals surface area (Å²) in [4.78, 5) is 22.1. The lowest BCUT2D eigenvalue weighted by molar-refractivity contribution is -0.384. The number of hydrogen-bond acceptors (Lipinski definition) is 5. The van der Waals surface area contributed by atoms with Gasteiger partial charge in [0.25, 0.3) is 5.69 Å². The van der Waals surface area contributed by atoms with Crippen LogP contribution in [0, 0.1) is 10.1 Å². The van der Waals surface area contributed by atoms with E-state index in [4.69, 9.17) is 16.3 Å². The van der Waals surface area contributed by atoms with Crippen LogP contribution in [0.1, 0.15) is 6.92 Å². The Kier molecular flexibility index (Phi) is 6.20. The molecule has 1 aromatic rings. The third-order valence-electron chi connectivity index (χ3n) is 2.53. The van der Waals surface area contributed by atoms with Gasteiger partial charge in [0, 0.05) is 24.7 Å². The number of ether oxygens (including phenoxy) is 1. The zero-order chi connectivity index (χ0) is 15.1. The molecule has 0 fully saturated rings. The highest BCUT2D eigenvalue weighted by atomic mass is 35.5. The molecule has 0 heterocycles. The predicted molar refractivity (Wildman–Crippen MR) is 76.1 cm³/mol. The van der Waals surface area contributed by atoms with Crippen molar-refractivity contribution in [2.45, 2.75) is 13.0 Å². The number of nitro benzene ring substituents is 1. The van der Waals surface area contributed by atoms with Gasteiger partial charge in [0.1, 0.15) is 11.7 Å². The number of carbonyl (C=O) groups is 1. The first-order valence-electron chi connectivity index (χ1n) is 5.93. The van der Waals surface area contributed by atoms with Gasteiger partial charge in [0.2, 0.25) is 5.91 Å². The van der Waals surface area contributed by atoms with E-state index in [2.05, 4.69) is 10.6 Å². The van der Waals surface area contributed by atoms with Crippen molar-refractivity contribution >= 4 is 28.9 Å². The molecule has 0 aromatic heterocycles. The number of benzene rings is 1. The molecule has 0 saturated heterocycles. The summed E-state index contributed by atoms with van der Waals surface area (Å²) in [6.45, 7) is 2.38. The van der Waals surface area contributed by atoms with Crippen molar-refractivity contribution in [3.05, 3.63) is 33.3 Å². The quantitative estimate of drug-likeness (QED) is 0.455. The molecule has 1 amide bonds. The first-order valence-corrected chi connectivity index (χ1v) is 6.30. The number of rotatable bonds is 7. The average Bonchev–Trinajstić information content (AvgIpc) is 2.38. The van der Waals surface area contributed by atoms with Crippen molar-refractivity contribution in [2.75, 3.05) is 25.6 Å². The van der Waals surface area contributed by atoms with E-state index in [1.54, 1.807) is 6.92 Å². The second-order valence-corrected chi connectivity index (χ2v) is 4.50. The summed E-state index contributed by atoms with van der Waals surface area (Å²) in [5, 5.41) is 16.7. The highest BCUT2D eigenvalue weighted by molar-refractivity contribution is 6.31. The molecule has 0 aliphatic rings. The Hall–Kier alpha value is -1.86. The molecule has 0 spiro atoms. The summed E-state index contributed by atoms with van der Waals surface area (Å²) in [7, 11) is 1.53. The summed E-state index contributed by atoms with van der Waals surface area (Å²) in [5.74, 6) is -0.281. The fraction of sp³-hybridized carbons (Fsp3) is 0.417. The van der Waals surface area contributed by atoms with Crippen LogP contribution in [0.3, 0.4) is 0 Å². The molecular formula is C12H16ClN3O4. The van der Waals surface area contributed by atoms with Crippen molar-refractivity contribution in [3.63, 3.8) is 0 Å². The van der Waals surface area contributed by atoms with Gasteiger partial charge in [-0.2, -0.15) is 0 Å². The van der Waals surface area contributed by atoms with Crippen LogP contribution in [-0.2, 0) is 9.53 Å². The van der Waals surface area contributed by atoms with Crippen molar-refractivity contribution in [2.24, 2.45) is 0 Å². The van der Waals surface area contributed by atoms with Crippen LogP contribution >= 0.6 is 11.6 Å². The van der Waals surface area contributed by atoms with E-state index >= 15 is 0 Å². The molecule has 0 bridgehead atoms. The van der Waals surface area contributed by atoms with Gasteiger partial charge in [-0.15, -0.1) is 0 Å². The number of carbonyl (C=O) groups excluding carboxylic acids is 1. The number of anilines is 1. The molecule has 8 heteroatoms. The van der Waals surface area contributed by atoms with Gasteiger partial charge in [-0.25, -0.2) is 0 Å². The highest BCUT2D eigenvalue weighted by Crippen LogP contribution is 2.28. The Morgan fingerprint density at radius 3 is 2.85 bits per heavy atom. The molecule has 1 aromatic carbocycles. The molecule has 1 rings (SSSR count). The van der Waals surface area contributed by atoms with E-state index in [9.17, 15) is 14.9 Å². The highest BCUT2D eigenvalue weighted by Gasteiger charge is 2.19. The Balaban J connectivity index is 2.74. The maximum absolute atomic E-state index is 11.8. The zero-order valence-electron chi connectivity index (χ0n) is 11.2. The minimum Gasteiger partial charge on any atom is -0.383 e. The van der Waals surface area contributed by atoms with Gasteiger partial charge < -0.3 is 15.4 Å². The number of methoxy groups -OCH3 is 1. The SMILES string of the molecule is COCCNC(=O)C(C)Nc1cc(Cl)ccc1[N+](=O)[O-]. The largest absolute Gasteiger partial charge is 0.383 e. The molecule has 0 aliphatic carbocycles. The summed E-state index contributed by atoms with van der Waals surface area (Å²) < 4.78 is 4.81.